The number of ether oxygens (including phenoxy) is 1. The Morgan fingerprint density at radius 2 is 1.67 bits per heavy atom. The number of hydrogen-bond acceptors (Lipinski definition) is 4. The number of aromatic nitrogens is 1. The lowest BCUT2D eigenvalue weighted by Gasteiger charge is -2.42. The summed E-state index contributed by atoms with van der Waals surface area (Å²) in [5.41, 5.74) is 2.28. The third-order valence-electron chi connectivity index (χ3n) is 5.69. The van der Waals surface area contributed by atoms with Crippen molar-refractivity contribution >= 4 is 5.91 Å². The summed E-state index contributed by atoms with van der Waals surface area (Å²) >= 11 is 0. The van der Waals surface area contributed by atoms with Crippen LogP contribution in [0.25, 0.3) is 0 Å². The average molecular weight is 365 g/mol. The first kappa shape index (κ1) is 18.1. The Balaban J connectivity index is 1.39. The van der Waals surface area contributed by atoms with Gasteiger partial charge in [-0.05, 0) is 36.1 Å². The van der Waals surface area contributed by atoms with E-state index in [4.69, 9.17) is 4.74 Å². The van der Waals surface area contributed by atoms with Crippen LogP contribution in [0.15, 0.2) is 54.9 Å². The fourth-order valence-corrected chi connectivity index (χ4v) is 4.11. The molecule has 1 spiro atoms. The van der Waals surface area contributed by atoms with Crippen molar-refractivity contribution in [1.29, 1.82) is 0 Å². The van der Waals surface area contributed by atoms with Crippen LogP contribution < -0.4 is 0 Å². The second-order valence-corrected chi connectivity index (χ2v) is 7.65. The van der Waals surface area contributed by atoms with E-state index < -0.39 is 0 Å². The van der Waals surface area contributed by atoms with Gasteiger partial charge in [0.05, 0.1) is 25.2 Å². The van der Waals surface area contributed by atoms with E-state index in [-0.39, 0.29) is 11.5 Å². The molecule has 5 nitrogen and oxygen atoms in total. The Labute approximate surface area is 161 Å². The lowest BCUT2D eigenvalue weighted by Crippen LogP contribution is -2.51. The number of benzene rings is 1. The van der Waals surface area contributed by atoms with Crippen LogP contribution in [-0.4, -0.2) is 52.5 Å². The Morgan fingerprint density at radius 1 is 0.963 bits per heavy atom. The predicted octanol–water partition coefficient (Wildman–Crippen LogP) is 2.87. The molecule has 1 aromatic carbocycles. The third-order valence-corrected chi connectivity index (χ3v) is 5.69. The molecule has 1 amide bonds. The maximum atomic E-state index is 12.6. The van der Waals surface area contributed by atoms with Gasteiger partial charge in [-0.15, -0.1) is 0 Å². The molecule has 0 radical (unpaired) electrons. The first-order chi connectivity index (χ1) is 13.2. The summed E-state index contributed by atoms with van der Waals surface area (Å²) in [5, 5.41) is 0. The second kappa shape index (κ2) is 8.19. The molecule has 2 aliphatic heterocycles. The van der Waals surface area contributed by atoms with E-state index in [0.717, 1.165) is 32.5 Å². The van der Waals surface area contributed by atoms with Crippen LogP contribution in [0.3, 0.4) is 0 Å². The summed E-state index contributed by atoms with van der Waals surface area (Å²) in [4.78, 5) is 21.1. The quantitative estimate of drug-likeness (QED) is 0.836. The molecule has 142 valence electrons. The van der Waals surface area contributed by atoms with Gasteiger partial charge in [0.2, 0.25) is 5.91 Å². The lowest BCUT2D eigenvalue weighted by atomic mass is 9.90. The highest BCUT2D eigenvalue weighted by Crippen LogP contribution is 2.31. The molecule has 1 aromatic heterocycles. The van der Waals surface area contributed by atoms with Crippen LogP contribution in [0, 0.1) is 0 Å². The van der Waals surface area contributed by atoms with Gasteiger partial charge in [0.15, 0.2) is 0 Å². The highest BCUT2D eigenvalue weighted by atomic mass is 16.5. The van der Waals surface area contributed by atoms with Crippen LogP contribution in [0.5, 0.6) is 0 Å². The highest BCUT2D eigenvalue weighted by Gasteiger charge is 2.40. The van der Waals surface area contributed by atoms with E-state index in [2.05, 4.69) is 34.1 Å². The topological polar surface area (TPSA) is 45.7 Å². The minimum Gasteiger partial charge on any atom is -0.373 e. The van der Waals surface area contributed by atoms with E-state index >= 15 is 0 Å². The third kappa shape index (κ3) is 4.54. The molecular formula is C22H27N3O2. The molecule has 0 N–H and O–H groups in total. The number of carbonyl (C=O) groups excluding carboxylic acids is 1. The molecule has 2 fully saturated rings. The molecule has 0 saturated carbocycles. The van der Waals surface area contributed by atoms with Crippen LogP contribution in [0.2, 0.25) is 0 Å². The molecule has 0 unspecified atom stereocenters. The Kier molecular flexibility index (Phi) is 5.50. The smallest absolute Gasteiger partial charge is 0.225 e. The van der Waals surface area contributed by atoms with Gasteiger partial charge in [-0.3, -0.25) is 14.7 Å². The van der Waals surface area contributed by atoms with Crippen molar-refractivity contribution in [2.24, 2.45) is 0 Å². The monoisotopic (exact) mass is 365 g/mol. The fourth-order valence-electron chi connectivity index (χ4n) is 4.11. The fraction of sp³-hybridized carbons (Fsp3) is 0.455. The summed E-state index contributed by atoms with van der Waals surface area (Å²) < 4.78 is 6.27. The van der Waals surface area contributed by atoms with Gasteiger partial charge in [-0.2, -0.15) is 0 Å². The molecular weight excluding hydrogens is 338 g/mol. The average Bonchev–Trinajstić information content (AvgIpc) is 2.85. The van der Waals surface area contributed by atoms with Crippen LogP contribution in [-0.2, 0) is 22.6 Å². The Hall–Kier alpha value is -2.24. The van der Waals surface area contributed by atoms with Gasteiger partial charge in [0, 0.05) is 38.6 Å². The number of rotatable bonds is 4. The molecule has 2 saturated heterocycles. The number of pyridine rings is 1. The molecule has 0 bridgehead atoms. The number of nitrogens with zero attached hydrogens (tertiary/aromatic N) is 3. The number of likely N-dealkylation sites (tertiary alicyclic amines) is 1. The van der Waals surface area contributed by atoms with Crippen molar-refractivity contribution in [3.05, 3.63) is 66.0 Å². The van der Waals surface area contributed by atoms with Crippen LogP contribution >= 0.6 is 0 Å². The number of carbonyl (C=O) groups is 1. The lowest BCUT2D eigenvalue weighted by molar-refractivity contribution is -0.132. The maximum absolute atomic E-state index is 12.6. The molecule has 27 heavy (non-hydrogen) atoms. The summed E-state index contributed by atoms with van der Waals surface area (Å²) in [5.74, 6) is 0.204. The van der Waals surface area contributed by atoms with Crippen molar-refractivity contribution < 1.29 is 9.53 Å². The molecule has 0 aliphatic carbocycles. The van der Waals surface area contributed by atoms with Gasteiger partial charge in [0.25, 0.3) is 0 Å². The van der Waals surface area contributed by atoms with Crippen molar-refractivity contribution in [2.45, 2.75) is 38.0 Å². The van der Waals surface area contributed by atoms with Crippen LogP contribution in [0.4, 0.5) is 0 Å². The van der Waals surface area contributed by atoms with Crippen molar-refractivity contribution in [1.82, 2.24) is 14.8 Å². The number of amides is 1. The standard InChI is InChI=1S/C22H27N3O2/c26-21-8-15-27-22(18-25(21)17-19-4-2-1-3-5-19)9-13-24(14-10-22)16-20-6-11-23-12-7-20/h1-7,11-12H,8-10,13-18H2. The minimum atomic E-state index is -0.199. The summed E-state index contributed by atoms with van der Waals surface area (Å²) in [6, 6.07) is 14.4. The first-order valence-corrected chi connectivity index (χ1v) is 9.79. The van der Waals surface area contributed by atoms with E-state index in [1.54, 1.807) is 0 Å². The predicted molar refractivity (Wildman–Crippen MR) is 104 cm³/mol. The van der Waals surface area contributed by atoms with E-state index in [1.165, 1.54) is 11.1 Å². The largest absolute Gasteiger partial charge is 0.373 e. The molecule has 3 heterocycles. The Morgan fingerprint density at radius 3 is 2.41 bits per heavy atom. The van der Waals surface area contributed by atoms with Crippen LogP contribution in [0.1, 0.15) is 30.4 Å². The summed E-state index contributed by atoms with van der Waals surface area (Å²) in [7, 11) is 0. The zero-order valence-electron chi connectivity index (χ0n) is 15.7. The summed E-state index contributed by atoms with van der Waals surface area (Å²) in [6.45, 7) is 4.85. The SMILES string of the molecule is O=C1CCOC2(CCN(Cc3ccncc3)CC2)CN1Cc1ccccc1. The molecule has 2 aliphatic rings. The maximum Gasteiger partial charge on any atom is 0.225 e. The van der Waals surface area contributed by atoms with Gasteiger partial charge in [-0.1, -0.05) is 30.3 Å². The zero-order chi connectivity index (χ0) is 18.5. The molecule has 4 rings (SSSR count). The molecule has 2 aromatic rings. The number of piperidine rings is 1. The van der Waals surface area contributed by atoms with Gasteiger partial charge < -0.3 is 9.64 Å². The van der Waals surface area contributed by atoms with Crippen molar-refractivity contribution in [3.63, 3.8) is 0 Å². The normalized spacial score (nSPS) is 20.6. The minimum absolute atomic E-state index is 0.199. The van der Waals surface area contributed by atoms with Crippen molar-refractivity contribution in [2.75, 3.05) is 26.2 Å². The van der Waals surface area contributed by atoms with Gasteiger partial charge >= 0.3 is 0 Å². The van der Waals surface area contributed by atoms with Gasteiger partial charge in [-0.25, -0.2) is 0 Å². The molecule has 5 heteroatoms. The second-order valence-electron chi connectivity index (χ2n) is 7.65. The van der Waals surface area contributed by atoms with E-state index in [1.807, 2.05) is 35.5 Å². The van der Waals surface area contributed by atoms with E-state index in [9.17, 15) is 4.79 Å². The highest BCUT2D eigenvalue weighted by molar-refractivity contribution is 5.76. The summed E-state index contributed by atoms with van der Waals surface area (Å²) in [6.07, 6.45) is 6.12. The van der Waals surface area contributed by atoms with E-state index in [0.29, 0.717) is 26.1 Å². The van der Waals surface area contributed by atoms with Gasteiger partial charge in [0.1, 0.15) is 0 Å². The molecule has 0 atom stereocenters. The first-order valence-electron chi connectivity index (χ1n) is 9.79. The Bertz CT molecular complexity index is 743. The number of hydrogen-bond donors (Lipinski definition) is 0. The zero-order valence-corrected chi connectivity index (χ0v) is 15.7. The van der Waals surface area contributed by atoms with Crippen molar-refractivity contribution in [3.8, 4) is 0 Å².